The van der Waals surface area contributed by atoms with E-state index in [1.165, 1.54) is 12.0 Å². The lowest BCUT2D eigenvalue weighted by Gasteiger charge is -2.38. The van der Waals surface area contributed by atoms with E-state index in [-0.39, 0.29) is 24.3 Å². The molecule has 156 valence electrons. The molecular weight excluding hydrogens is 362 g/mol. The van der Waals surface area contributed by atoms with Crippen LogP contribution in [0.5, 0.6) is 0 Å². The van der Waals surface area contributed by atoms with Gasteiger partial charge in [0, 0.05) is 19.1 Å². The van der Waals surface area contributed by atoms with E-state index in [0.29, 0.717) is 13.1 Å². The van der Waals surface area contributed by atoms with E-state index in [1.807, 2.05) is 11.0 Å². The molecule has 1 unspecified atom stereocenters. The second kappa shape index (κ2) is 11.0. The van der Waals surface area contributed by atoms with Crippen LogP contribution in [0.4, 0.5) is 0 Å². The van der Waals surface area contributed by atoms with Gasteiger partial charge < -0.3 is 10.2 Å². The van der Waals surface area contributed by atoms with Crippen LogP contribution >= 0.6 is 0 Å². The van der Waals surface area contributed by atoms with Crippen LogP contribution in [-0.4, -0.2) is 59.9 Å². The van der Waals surface area contributed by atoms with Gasteiger partial charge in [-0.3, -0.25) is 14.5 Å². The van der Waals surface area contributed by atoms with Crippen molar-refractivity contribution in [2.45, 2.75) is 63.5 Å². The van der Waals surface area contributed by atoms with E-state index in [9.17, 15) is 9.59 Å². The molecule has 1 aliphatic carbocycles. The summed E-state index contributed by atoms with van der Waals surface area (Å²) in [5.41, 5.74) is 1.30. The van der Waals surface area contributed by atoms with E-state index in [1.54, 1.807) is 0 Å². The SMILES string of the molecule is C#CCN(C(=O)CC1C(=O)NCCN1CCCc1ccccc1)C1CCCCC1. The zero-order valence-electron chi connectivity index (χ0n) is 17.3. The van der Waals surface area contributed by atoms with Crippen LogP contribution < -0.4 is 5.32 Å². The largest absolute Gasteiger partial charge is 0.353 e. The molecule has 2 amide bonds. The summed E-state index contributed by atoms with van der Waals surface area (Å²) in [5.74, 6) is 2.63. The number of carbonyl (C=O) groups excluding carboxylic acids is 2. The fourth-order valence-electron chi connectivity index (χ4n) is 4.58. The lowest BCUT2D eigenvalue weighted by Crippen LogP contribution is -2.57. The summed E-state index contributed by atoms with van der Waals surface area (Å²) in [5, 5.41) is 2.93. The maximum absolute atomic E-state index is 13.1. The molecule has 0 bridgehead atoms. The number of benzene rings is 1. The first-order valence-electron chi connectivity index (χ1n) is 11.0. The Kier molecular flexibility index (Phi) is 8.13. The molecule has 29 heavy (non-hydrogen) atoms. The summed E-state index contributed by atoms with van der Waals surface area (Å²) < 4.78 is 0. The quantitative estimate of drug-likeness (QED) is 0.689. The van der Waals surface area contributed by atoms with E-state index in [4.69, 9.17) is 6.42 Å². The Morgan fingerprint density at radius 2 is 1.97 bits per heavy atom. The Hall–Kier alpha value is -2.32. The number of carbonyl (C=O) groups is 2. The molecule has 0 spiro atoms. The lowest BCUT2D eigenvalue weighted by atomic mass is 9.93. The minimum atomic E-state index is -0.393. The Bertz CT molecular complexity index is 707. The minimum absolute atomic E-state index is 0.0185. The van der Waals surface area contributed by atoms with Crippen molar-refractivity contribution in [1.82, 2.24) is 15.1 Å². The number of hydrogen-bond acceptors (Lipinski definition) is 3. The summed E-state index contributed by atoms with van der Waals surface area (Å²) in [6.45, 7) is 2.59. The Morgan fingerprint density at radius 1 is 1.21 bits per heavy atom. The molecule has 1 saturated heterocycles. The van der Waals surface area contributed by atoms with Crippen LogP contribution in [0, 0.1) is 12.3 Å². The molecule has 1 atom stereocenters. The predicted molar refractivity (Wildman–Crippen MR) is 115 cm³/mol. The van der Waals surface area contributed by atoms with Crippen molar-refractivity contribution in [2.24, 2.45) is 0 Å². The van der Waals surface area contributed by atoms with E-state index >= 15 is 0 Å². The van der Waals surface area contributed by atoms with Crippen LogP contribution in [0.1, 0.15) is 50.5 Å². The van der Waals surface area contributed by atoms with Crippen LogP contribution in [0.25, 0.3) is 0 Å². The van der Waals surface area contributed by atoms with Crippen molar-refractivity contribution in [3.63, 3.8) is 0 Å². The summed E-state index contributed by atoms with van der Waals surface area (Å²) in [7, 11) is 0. The molecule has 1 heterocycles. The smallest absolute Gasteiger partial charge is 0.237 e. The van der Waals surface area contributed by atoms with Crippen LogP contribution in [0.15, 0.2) is 30.3 Å². The third-order valence-electron chi connectivity index (χ3n) is 6.16. The van der Waals surface area contributed by atoms with Gasteiger partial charge in [-0.2, -0.15) is 0 Å². The predicted octanol–water partition coefficient (Wildman–Crippen LogP) is 2.60. The Balaban J connectivity index is 1.59. The van der Waals surface area contributed by atoms with E-state index in [0.717, 1.165) is 51.6 Å². The van der Waals surface area contributed by atoms with E-state index in [2.05, 4.69) is 40.4 Å². The summed E-state index contributed by atoms with van der Waals surface area (Å²) in [6, 6.07) is 10.2. The molecule has 3 rings (SSSR count). The molecule has 0 radical (unpaired) electrons. The van der Waals surface area contributed by atoms with Gasteiger partial charge in [0.25, 0.3) is 0 Å². The molecule has 1 aliphatic heterocycles. The highest BCUT2D eigenvalue weighted by Crippen LogP contribution is 2.24. The number of amides is 2. The third kappa shape index (κ3) is 6.08. The number of hydrogen-bond donors (Lipinski definition) is 1. The first-order chi connectivity index (χ1) is 14.2. The van der Waals surface area contributed by atoms with Crippen LogP contribution in [0.2, 0.25) is 0 Å². The van der Waals surface area contributed by atoms with Crippen molar-refractivity contribution < 1.29 is 9.59 Å². The van der Waals surface area contributed by atoms with Crippen LogP contribution in [-0.2, 0) is 16.0 Å². The Labute approximate surface area is 174 Å². The van der Waals surface area contributed by atoms with Gasteiger partial charge in [0.05, 0.1) is 19.0 Å². The summed E-state index contributed by atoms with van der Waals surface area (Å²) >= 11 is 0. The van der Waals surface area contributed by atoms with Crippen molar-refractivity contribution in [2.75, 3.05) is 26.2 Å². The number of nitrogens with zero attached hydrogens (tertiary/aromatic N) is 2. The topological polar surface area (TPSA) is 52.7 Å². The lowest BCUT2D eigenvalue weighted by molar-refractivity contribution is -0.140. The molecule has 5 nitrogen and oxygen atoms in total. The van der Waals surface area contributed by atoms with Gasteiger partial charge in [-0.1, -0.05) is 55.5 Å². The molecule has 1 saturated carbocycles. The van der Waals surface area contributed by atoms with Gasteiger partial charge in [0.2, 0.25) is 11.8 Å². The highest BCUT2D eigenvalue weighted by atomic mass is 16.2. The average Bonchev–Trinajstić information content (AvgIpc) is 2.75. The summed E-state index contributed by atoms with van der Waals surface area (Å²) in [6.07, 6.45) is 13.3. The van der Waals surface area contributed by atoms with Gasteiger partial charge in [-0.25, -0.2) is 0 Å². The standard InChI is InChI=1S/C24H33N3O2/c1-2-16-27(21-13-7-4-8-14-21)23(28)19-22-24(29)25-15-18-26(22)17-9-12-20-10-5-3-6-11-20/h1,3,5-6,10-11,21-22H,4,7-9,12-19H2,(H,25,29). The maximum Gasteiger partial charge on any atom is 0.237 e. The fourth-order valence-corrected chi connectivity index (χ4v) is 4.58. The zero-order chi connectivity index (χ0) is 20.5. The molecule has 1 N–H and O–H groups in total. The molecule has 2 aliphatic rings. The highest BCUT2D eigenvalue weighted by Gasteiger charge is 2.34. The third-order valence-corrected chi connectivity index (χ3v) is 6.16. The maximum atomic E-state index is 13.1. The molecule has 0 aromatic heterocycles. The monoisotopic (exact) mass is 395 g/mol. The first-order valence-corrected chi connectivity index (χ1v) is 11.0. The first kappa shape index (κ1) is 21.4. The number of rotatable bonds is 8. The van der Waals surface area contributed by atoms with Gasteiger partial charge >= 0.3 is 0 Å². The normalized spacial score (nSPS) is 20.7. The van der Waals surface area contributed by atoms with Gasteiger partial charge in [0.1, 0.15) is 0 Å². The van der Waals surface area contributed by atoms with Gasteiger partial charge in [-0.15, -0.1) is 6.42 Å². The van der Waals surface area contributed by atoms with Crippen LogP contribution in [0.3, 0.4) is 0 Å². The molecular formula is C24H33N3O2. The second-order valence-corrected chi connectivity index (χ2v) is 8.15. The summed E-state index contributed by atoms with van der Waals surface area (Å²) in [4.78, 5) is 29.7. The fraction of sp³-hybridized carbons (Fsp3) is 0.583. The van der Waals surface area contributed by atoms with Crippen molar-refractivity contribution >= 4 is 11.8 Å². The second-order valence-electron chi connectivity index (χ2n) is 8.15. The molecule has 1 aromatic rings. The average molecular weight is 396 g/mol. The van der Waals surface area contributed by atoms with Crippen molar-refractivity contribution in [3.8, 4) is 12.3 Å². The highest BCUT2D eigenvalue weighted by molar-refractivity contribution is 5.89. The number of aryl methyl sites for hydroxylation is 1. The molecule has 2 fully saturated rings. The van der Waals surface area contributed by atoms with Crippen molar-refractivity contribution in [3.05, 3.63) is 35.9 Å². The minimum Gasteiger partial charge on any atom is -0.353 e. The van der Waals surface area contributed by atoms with Gasteiger partial charge in [-0.05, 0) is 37.8 Å². The zero-order valence-corrected chi connectivity index (χ0v) is 17.3. The number of nitrogens with one attached hydrogen (secondary N) is 1. The van der Waals surface area contributed by atoms with E-state index < -0.39 is 6.04 Å². The van der Waals surface area contributed by atoms with Crippen molar-refractivity contribution in [1.29, 1.82) is 0 Å². The number of terminal acetylenes is 1. The number of piperazine rings is 1. The van der Waals surface area contributed by atoms with Gasteiger partial charge in [0.15, 0.2) is 0 Å². The molecule has 1 aromatic carbocycles. The molecule has 5 heteroatoms. The Morgan fingerprint density at radius 3 is 2.69 bits per heavy atom.